The highest BCUT2D eigenvalue weighted by atomic mass is 32.1. The van der Waals surface area contributed by atoms with E-state index in [1.165, 1.54) is 128 Å². The van der Waals surface area contributed by atoms with E-state index in [0.29, 0.717) is 11.4 Å². The van der Waals surface area contributed by atoms with Gasteiger partial charge in [0.15, 0.2) is 11.8 Å². The van der Waals surface area contributed by atoms with Crippen molar-refractivity contribution in [1.29, 1.82) is 0 Å². The lowest BCUT2D eigenvalue weighted by molar-refractivity contribution is -0.342. The Bertz CT molecular complexity index is 1580. The predicted octanol–water partition coefficient (Wildman–Crippen LogP) is 14.8. The van der Waals surface area contributed by atoms with Crippen LogP contribution in [0.25, 0.3) is 16.6 Å². The molecule has 63 heavy (non-hydrogen) atoms. The molecule has 0 aromatic carbocycles. The van der Waals surface area contributed by atoms with E-state index in [1.807, 2.05) is 29.6 Å². The molecular formula is C51H80BF2N2O6S. The molecule has 0 spiro atoms. The number of nitrogens with one attached hydrogen (secondary N) is 1. The van der Waals surface area contributed by atoms with E-state index in [2.05, 4.69) is 18.8 Å². The second-order valence-electron chi connectivity index (χ2n) is 17.3. The van der Waals surface area contributed by atoms with Crippen molar-refractivity contribution in [1.82, 2.24) is 4.98 Å². The van der Waals surface area contributed by atoms with Crippen LogP contribution >= 0.6 is 11.3 Å². The first-order valence-electron chi connectivity index (χ1n) is 24.9. The number of unbranched alkanes of at least 4 members (excludes halogenated alkanes) is 24. The summed E-state index contributed by atoms with van der Waals surface area (Å²) < 4.78 is 46.3. The lowest BCUT2D eigenvalue weighted by atomic mass is 10.0. The summed E-state index contributed by atoms with van der Waals surface area (Å²) in [6.07, 6.45) is 35.6. The number of aromatic amines is 1. The number of ether oxygens (including phenoxy) is 3. The lowest BCUT2D eigenvalue weighted by Gasteiger charge is -2.18. The van der Waals surface area contributed by atoms with Crippen LogP contribution in [0.15, 0.2) is 47.5 Å². The third-order valence-electron chi connectivity index (χ3n) is 11.7. The van der Waals surface area contributed by atoms with Gasteiger partial charge in [-0.1, -0.05) is 174 Å². The van der Waals surface area contributed by atoms with Gasteiger partial charge in [-0.05, 0) is 36.4 Å². The summed E-state index contributed by atoms with van der Waals surface area (Å²) in [7, 11) is -2.82. The number of carbonyl (C=O) groups is 3. The van der Waals surface area contributed by atoms with Gasteiger partial charge in [-0.3, -0.25) is 14.4 Å². The molecule has 2 aromatic heterocycles. The number of aromatic nitrogens is 1. The number of halogens is 2. The summed E-state index contributed by atoms with van der Waals surface area (Å²) in [5.41, 5.74) is 2.17. The van der Waals surface area contributed by atoms with E-state index in [1.54, 1.807) is 29.6 Å². The van der Waals surface area contributed by atoms with Crippen LogP contribution < -0.4 is 0 Å². The van der Waals surface area contributed by atoms with E-state index < -0.39 is 19.5 Å². The van der Waals surface area contributed by atoms with Crippen molar-refractivity contribution in [2.45, 2.75) is 213 Å². The standard InChI is InChI=1S/C51H80BF2N2O6S/c1-3-5-7-9-11-13-15-17-19-21-23-25-27-31-49(57)60-41-46(42-61-50(58)32-28-26-24-22-20-18-16-14-12-10-8-6-4-2)62-51(59)38-36-44-34-35-45(56(44)52(53)54)40-43-33-37-47(55-43)48-30-29-39-63-48/h29-30,33-35,37,39-40,46,55H,3-28,31-32,36,38,41-42H2,1-2H3/b45-40-. The molecule has 0 saturated heterocycles. The Kier molecular flexibility index (Phi) is 29.7. The molecule has 0 amide bonds. The zero-order chi connectivity index (χ0) is 45.2. The maximum Gasteiger partial charge on any atom is 0.609 e. The van der Waals surface area contributed by atoms with Crippen molar-refractivity contribution in [3.05, 3.63) is 53.2 Å². The van der Waals surface area contributed by atoms with Gasteiger partial charge in [0.05, 0.1) is 17.0 Å². The number of nitrogens with zero attached hydrogens (tertiary/aromatic N) is 1. The molecule has 1 aliphatic heterocycles. The summed E-state index contributed by atoms with van der Waals surface area (Å²) >= 11 is 1.58. The van der Waals surface area contributed by atoms with Crippen LogP contribution in [0.5, 0.6) is 0 Å². The van der Waals surface area contributed by atoms with Crippen molar-refractivity contribution in [3.63, 3.8) is 0 Å². The molecule has 0 atom stereocenters. The number of esters is 3. The third-order valence-corrected chi connectivity index (χ3v) is 12.6. The van der Waals surface area contributed by atoms with Gasteiger partial charge in [-0.2, -0.15) is 0 Å². The van der Waals surface area contributed by atoms with Gasteiger partial charge in [0.1, 0.15) is 18.9 Å². The zero-order valence-electron chi connectivity index (χ0n) is 39.0. The molecule has 12 heteroatoms. The van der Waals surface area contributed by atoms with Gasteiger partial charge < -0.3 is 32.3 Å². The topological polar surface area (TPSA) is 97.7 Å². The van der Waals surface area contributed by atoms with Gasteiger partial charge in [-0.25, -0.2) is 0 Å². The number of hydrogen-bond acceptors (Lipinski definition) is 7. The highest BCUT2D eigenvalue weighted by Crippen LogP contribution is 2.26. The number of hydrogen-bond donors (Lipinski definition) is 1. The van der Waals surface area contributed by atoms with Crippen LogP contribution in [0.4, 0.5) is 8.63 Å². The minimum absolute atomic E-state index is 0.00652. The first kappa shape index (κ1) is 53.8. The van der Waals surface area contributed by atoms with E-state index in [0.717, 1.165) is 53.6 Å². The average molecular weight is 898 g/mol. The number of rotatable bonds is 39. The molecule has 1 radical (unpaired) electrons. The Morgan fingerprint density at radius 2 is 1.11 bits per heavy atom. The molecule has 3 heterocycles. The zero-order valence-corrected chi connectivity index (χ0v) is 39.8. The largest absolute Gasteiger partial charge is 0.609 e. The second-order valence-corrected chi connectivity index (χ2v) is 18.3. The smallest absolute Gasteiger partial charge is 0.462 e. The Balaban J connectivity index is 1.42. The van der Waals surface area contributed by atoms with Crippen molar-refractivity contribution in [2.75, 3.05) is 13.2 Å². The van der Waals surface area contributed by atoms with Crippen LogP contribution in [0.1, 0.15) is 212 Å². The molecule has 3 rings (SSSR count). The van der Waals surface area contributed by atoms with Gasteiger partial charge in [0.2, 0.25) is 0 Å². The van der Waals surface area contributed by atoms with Crippen LogP contribution in [-0.2, 0) is 28.6 Å². The van der Waals surface area contributed by atoms with Crippen LogP contribution in [0, 0.1) is 0 Å². The van der Waals surface area contributed by atoms with E-state index in [9.17, 15) is 23.0 Å². The molecule has 1 aliphatic rings. The highest BCUT2D eigenvalue weighted by molar-refractivity contribution is 7.13. The molecule has 8 nitrogen and oxygen atoms in total. The maximum absolute atomic E-state index is 14.4. The SMILES string of the molecule is CCCCCCCCCCCCCCCC(=O)OCC(COC(=O)CCCCCCCCCCCCCCC)OC(=O)CCC1=[N+]([B-](F)F)/C(=C\c2ccc(-c3cccs3)[nH]2)C=C1. The molecule has 0 fully saturated rings. The van der Waals surface area contributed by atoms with Crippen LogP contribution in [0.2, 0.25) is 0 Å². The number of thiophene rings is 1. The highest BCUT2D eigenvalue weighted by Gasteiger charge is 2.27. The molecular weight excluding hydrogens is 817 g/mol. The summed E-state index contributed by atoms with van der Waals surface area (Å²) in [4.78, 5) is 42.8. The van der Waals surface area contributed by atoms with Gasteiger partial charge in [-0.15, -0.1) is 11.3 Å². The Hall–Kier alpha value is -3.54. The van der Waals surface area contributed by atoms with E-state index >= 15 is 0 Å². The van der Waals surface area contributed by atoms with Gasteiger partial charge in [0.25, 0.3) is 0 Å². The van der Waals surface area contributed by atoms with Crippen molar-refractivity contribution >= 4 is 48.4 Å². The summed E-state index contributed by atoms with van der Waals surface area (Å²) in [5.74, 6) is -1.43. The maximum atomic E-state index is 14.4. The fraction of sp³-hybridized carbons (Fsp3) is 0.686. The third kappa shape index (κ3) is 24.9. The molecule has 2 aromatic rings. The van der Waals surface area contributed by atoms with Crippen LogP contribution in [0.3, 0.4) is 0 Å². The first-order chi connectivity index (χ1) is 30.8. The van der Waals surface area contributed by atoms with Crippen molar-refractivity contribution in [2.24, 2.45) is 0 Å². The first-order valence-corrected chi connectivity index (χ1v) is 25.7. The molecule has 1 N–H and O–H groups in total. The van der Waals surface area contributed by atoms with Crippen molar-refractivity contribution in [3.8, 4) is 10.6 Å². The van der Waals surface area contributed by atoms with Crippen LogP contribution in [-0.4, -0.2) is 59.8 Å². The molecule has 353 valence electrons. The Labute approximate surface area is 383 Å². The quantitative estimate of drug-likeness (QED) is 0.0311. The molecule has 0 saturated carbocycles. The number of allylic oxidation sites excluding steroid dienone is 2. The van der Waals surface area contributed by atoms with Gasteiger partial charge in [0, 0.05) is 43.2 Å². The Morgan fingerprint density at radius 1 is 0.635 bits per heavy atom. The Morgan fingerprint density at radius 3 is 1.56 bits per heavy atom. The second kappa shape index (κ2) is 34.8. The predicted molar refractivity (Wildman–Crippen MR) is 256 cm³/mol. The van der Waals surface area contributed by atoms with Gasteiger partial charge >= 0.3 is 25.3 Å². The van der Waals surface area contributed by atoms with E-state index in [-0.39, 0.29) is 56.5 Å². The van der Waals surface area contributed by atoms with Crippen molar-refractivity contribution < 1.29 is 41.7 Å². The van der Waals surface area contributed by atoms with E-state index in [4.69, 9.17) is 14.2 Å². The fourth-order valence-electron chi connectivity index (χ4n) is 7.98. The minimum Gasteiger partial charge on any atom is -0.462 e. The summed E-state index contributed by atoms with van der Waals surface area (Å²) in [6, 6.07) is 7.69. The molecule has 0 unspecified atom stereocenters. The lowest BCUT2D eigenvalue weighted by Crippen LogP contribution is -2.31. The number of H-pyrrole nitrogens is 1. The monoisotopic (exact) mass is 898 g/mol. The minimum atomic E-state index is -2.82. The normalized spacial score (nSPS) is 13.3. The summed E-state index contributed by atoms with van der Waals surface area (Å²) in [6.45, 7) is 4.00. The number of carbonyl (C=O) groups excluding carboxylic acids is 3. The molecule has 0 aliphatic carbocycles. The molecule has 0 bridgehead atoms. The average Bonchev–Trinajstić information content (AvgIpc) is 4.07. The fourth-order valence-corrected chi connectivity index (χ4v) is 8.69. The summed E-state index contributed by atoms with van der Waals surface area (Å²) in [5, 5.41) is 1.98.